The van der Waals surface area contributed by atoms with Crippen LogP contribution in [0.1, 0.15) is 36.1 Å². The fourth-order valence-electron chi connectivity index (χ4n) is 3.30. The first-order chi connectivity index (χ1) is 18.0. The quantitative estimate of drug-likeness (QED) is 0.218. The average molecular weight is 566 g/mol. The number of benzene rings is 4. The molecule has 0 bridgehead atoms. The van der Waals surface area contributed by atoms with E-state index in [0.717, 1.165) is 35.2 Å². The van der Waals surface area contributed by atoms with E-state index in [4.69, 9.17) is 14.2 Å². The van der Waals surface area contributed by atoms with Crippen molar-refractivity contribution in [2.24, 2.45) is 0 Å². The van der Waals surface area contributed by atoms with E-state index in [1.54, 1.807) is 20.3 Å². The van der Waals surface area contributed by atoms with Gasteiger partial charge in [-0.05, 0) is 59.4 Å². The number of methoxy groups -OCH3 is 2. The molecule has 4 aromatic rings. The molecule has 0 saturated carbocycles. The molecule has 0 amide bonds. The zero-order chi connectivity index (χ0) is 26.9. The van der Waals surface area contributed by atoms with Gasteiger partial charge in [-0.3, -0.25) is 0 Å². The maximum atomic E-state index is 9.21. The van der Waals surface area contributed by atoms with Crippen LogP contribution in [0.15, 0.2) is 97.1 Å². The molecule has 0 saturated heterocycles. The number of halogens is 1. The average Bonchev–Trinajstić information content (AvgIpc) is 2.97. The van der Waals surface area contributed by atoms with Crippen LogP contribution in [-0.4, -0.2) is 19.3 Å². The van der Waals surface area contributed by atoms with Crippen LogP contribution in [0.25, 0.3) is 0 Å². The molecule has 0 unspecified atom stereocenters. The highest BCUT2D eigenvalue weighted by atomic mass is 79.9. The Labute approximate surface area is 230 Å². The van der Waals surface area contributed by atoms with Gasteiger partial charge in [0.15, 0.2) is 23.0 Å². The van der Waals surface area contributed by atoms with Crippen LogP contribution in [0.2, 0.25) is 0 Å². The van der Waals surface area contributed by atoms with Crippen molar-refractivity contribution in [3.63, 3.8) is 0 Å². The van der Waals surface area contributed by atoms with Crippen molar-refractivity contribution >= 4 is 15.9 Å². The van der Waals surface area contributed by atoms with Gasteiger partial charge in [-0.15, -0.1) is 0 Å². The largest absolute Gasteiger partial charge is 0.504 e. The monoisotopic (exact) mass is 564 g/mol. The lowest BCUT2D eigenvalue weighted by Crippen LogP contribution is -1.98. The Morgan fingerprint density at radius 3 is 1.59 bits per heavy atom. The Kier molecular flexibility index (Phi) is 13.8. The minimum absolute atomic E-state index is 0.199. The third kappa shape index (κ3) is 10.6. The van der Waals surface area contributed by atoms with Crippen molar-refractivity contribution in [3.05, 3.63) is 119 Å². The molecule has 0 fully saturated rings. The summed E-state index contributed by atoms with van der Waals surface area (Å²) in [6, 6.07) is 31.9. The number of phenols is 1. The molecule has 4 nitrogen and oxygen atoms in total. The molecule has 0 aliphatic heterocycles. The van der Waals surface area contributed by atoms with Gasteiger partial charge in [0.1, 0.15) is 6.61 Å². The molecule has 0 aromatic heterocycles. The Hall–Kier alpha value is -3.44. The number of rotatable bonds is 8. The van der Waals surface area contributed by atoms with E-state index < -0.39 is 0 Å². The molecule has 37 heavy (non-hydrogen) atoms. The molecular formula is C32H37BrO4. The standard InChI is InChI=1S/C16H18O2.C9H12O2.C7H7Br/c1-3-13-9-10-15(16(11-13)17-2)18-12-14-7-5-4-6-8-14;1-3-7-4-5-8(10)9(6-7)11-2;8-6-7-4-2-1-3-5-7/h4-11H,3,12H2,1-2H3;4-6,10H,3H2,1-2H3;1-5H,6H2. The second-order valence-electron chi connectivity index (χ2n) is 8.09. The maximum absolute atomic E-state index is 9.21. The zero-order valence-electron chi connectivity index (χ0n) is 22.1. The van der Waals surface area contributed by atoms with Gasteiger partial charge in [0.05, 0.1) is 14.2 Å². The summed E-state index contributed by atoms with van der Waals surface area (Å²) in [7, 11) is 3.22. The molecule has 5 heteroatoms. The van der Waals surface area contributed by atoms with Crippen LogP contribution in [0.3, 0.4) is 0 Å². The molecule has 0 aliphatic rings. The molecule has 0 atom stereocenters. The lowest BCUT2D eigenvalue weighted by Gasteiger charge is -2.11. The molecule has 196 valence electrons. The van der Waals surface area contributed by atoms with Gasteiger partial charge < -0.3 is 19.3 Å². The van der Waals surface area contributed by atoms with E-state index in [1.165, 1.54) is 16.7 Å². The van der Waals surface area contributed by atoms with Gasteiger partial charge in [0, 0.05) is 5.33 Å². The molecule has 0 radical (unpaired) electrons. The topological polar surface area (TPSA) is 47.9 Å². The van der Waals surface area contributed by atoms with E-state index in [1.807, 2.05) is 72.8 Å². The van der Waals surface area contributed by atoms with Crippen LogP contribution < -0.4 is 14.2 Å². The van der Waals surface area contributed by atoms with Gasteiger partial charge in [-0.2, -0.15) is 0 Å². The predicted molar refractivity (Wildman–Crippen MR) is 156 cm³/mol. The van der Waals surface area contributed by atoms with Crippen LogP contribution in [0, 0.1) is 0 Å². The number of aromatic hydroxyl groups is 1. The SMILES string of the molecule is BrCc1ccccc1.CCc1ccc(O)c(OC)c1.CCc1ccc(OCc2ccccc2)c(OC)c1. The first-order valence-corrected chi connectivity index (χ1v) is 13.5. The number of ether oxygens (including phenoxy) is 3. The molecule has 1 N–H and O–H groups in total. The second kappa shape index (κ2) is 17.1. The van der Waals surface area contributed by atoms with Crippen LogP contribution >= 0.6 is 15.9 Å². The third-order valence-electron chi connectivity index (χ3n) is 5.52. The van der Waals surface area contributed by atoms with Gasteiger partial charge in [-0.25, -0.2) is 0 Å². The lowest BCUT2D eigenvalue weighted by molar-refractivity contribution is 0.284. The van der Waals surface area contributed by atoms with Gasteiger partial charge >= 0.3 is 0 Å². The van der Waals surface area contributed by atoms with Crippen molar-refractivity contribution in [1.29, 1.82) is 0 Å². The number of hydrogen-bond acceptors (Lipinski definition) is 4. The Morgan fingerprint density at radius 1 is 0.595 bits per heavy atom. The van der Waals surface area contributed by atoms with Crippen molar-refractivity contribution in [3.8, 4) is 23.0 Å². The molecule has 4 rings (SSSR count). The van der Waals surface area contributed by atoms with Crippen LogP contribution in [0.4, 0.5) is 0 Å². The highest BCUT2D eigenvalue weighted by Crippen LogP contribution is 2.29. The minimum atomic E-state index is 0.199. The van der Waals surface area contributed by atoms with E-state index in [-0.39, 0.29) is 5.75 Å². The van der Waals surface area contributed by atoms with Crippen molar-refractivity contribution < 1.29 is 19.3 Å². The maximum Gasteiger partial charge on any atom is 0.161 e. The molecule has 0 heterocycles. The smallest absolute Gasteiger partial charge is 0.161 e. The summed E-state index contributed by atoms with van der Waals surface area (Å²) in [6.07, 6.45) is 1.95. The first-order valence-electron chi connectivity index (χ1n) is 12.3. The van der Waals surface area contributed by atoms with Crippen molar-refractivity contribution in [2.75, 3.05) is 14.2 Å². The highest BCUT2D eigenvalue weighted by Gasteiger charge is 2.05. The van der Waals surface area contributed by atoms with Crippen LogP contribution in [-0.2, 0) is 24.8 Å². The minimum Gasteiger partial charge on any atom is -0.504 e. The number of hydrogen-bond donors (Lipinski definition) is 1. The summed E-state index contributed by atoms with van der Waals surface area (Å²) in [5, 5.41) is 10.2. The van der Waals surface area contributed by atoms with Gasteiger partial charge in [0.25, 0.3) is 0 Å². The predicted octanol–water partition coefficient (Wildman–Crippen LogP) is 8.38. The van der Waals surface area contributed by atoms with Crippen molar-refractivity contribution in [1.82, 2.24) is 0 Å². The third-order valence-corrected chi connectivity index (χ3v) is 6.17. The fourth-order valence-corrected chi connectivity index (χ4v) is 3.67. The summed E-state index contributed by atoms with van der Waals surface area (Å²) in [5.41, 5.74) is 4.89. The van der Waals surface area contributed by atoms with Crippen molar-refractivity contribution in [2.45, 2.75) is 38.6 Å². The summed E-state index contributed by atoms with van der Waals surface area (Å²) in [6.45, 7) is 4.74. The summed E-state index contributed by atoms with van der Waals surface area (Å²) in [5.74, 6) is 2.33. The second-order valence-corrected chi connectivity index (χ2v) is 8.65. The first kappa shape index (κ1) is 29.8. The lowest BCUT2D eigenvalue weighted by atomic mass is 10.1. The molecule has 4 aromatic carbocycles. The van der Waals surface area contributed by atoms with E-state index in [9.17, 15) is 5.11 Å². The summed E-state index contributed by atoms with van der Waals surface area (Å²) in [4.78, 5) is 0. The molecular weight excluding hydrogens is 528 g/mol. The number of aryl methyl sites for hydroxylation is 2. The Bertz CT molecular complexity index is 1160. The van der Waals surface area contributed by atoms with E-state index in [0.29, 0.717) is 12.4 Å². The van der Waals surface area contributed by atoms with Crippen LogP contribution in [0.5, 0.6) is 23.0 Å². The normalized spacial score (nSPS) is 9.76. The molecule has 0 aliphatic carbocycles. The summed E-state index contributed by atoms with van der Waals surface area (Å²) >= 11 is 3.36. The van der Waals surface area contributed by atoms with Gasteiger partial charge in [0.2, 0.25) is 0 Å². The zero-order valence-corrected chi connectivity index (χ0v) is 23.7. The van der Waals surface area contributed by atoms with E-state index in [2.05, 4.69) is 48.0 Å². The number of alkyl halides is 1. The number of phenolic OH excluding ortho intramolecular Hbond substituents is 1. The Balaban J connectivity index is 0.000000215. The van der Waals surface area contributed by atoms with Gasteiger partial charge in [-0.1, -0.05) is 103 Å². The summed E-state index contributed by atoms with van der Waals surface area (Å²) < 4.78 is 16.1. The highest BCUT2D eigenvalue weighted by molar-refractivity contribution is 9.08. The fraction of sp³-hybridized carbons (Fsp3) is 0.250. The Morgan fingerprint density at radius 2 is 1.11 bits per heavy atom. The molecule has 0 spiro atoms. The van der Waals surface area contributed by atoms with E-state index >= 15 is 0 Å².